The van der Waals surface area contributed by atoms with E-state index < -0.39 is 0 Å². The number of carbonyl (C=O) groups is 1. The average molecular weight is 436 g/mol. The second kappa shape index (κ2) is 10.3. The van der Waals surface area contributed by atoms with E-state index in [2.05, 4.69) is 33.2 Å². The van der Waals surface area contributed by atoms with Gasteiger partial charge in [-0.15, -0.1) is 5.10 Å². The molecule has 29 heavy (non-hydrogen) atoms. The molecule has 3 rings (SSSR count). The van der Waals surface area contributed by atoms with E-state index >= 15 is 0 Å². The van der Waals surface area contributed by atoms with Crippen LogP contribution < -0.4 is 10.1 Å². The Morgan fingerprint density at radius 3 is 2.62 bits per heavy atom. The van der Waals surface area contributed by atoms with Crippen molar-refractivity contribution >= 4 is 35.1 Å². The summed E-state index contributed by atoms with van der Waals surface area (Å²) in [5.41, 5.74) is 2.07. The van der Waals surface area contributed by atoms with Crippen molar-refractivity contribution in [1.82, 2.24) is 19.6 Å². The lowest BCUT2D eigenvalue weighted by atomic mass is 10.1. The zero-order valence-electron chi connectivity index (χ0n) is 17.3. The third kappa shape index (κ3) is 6.33. The summed E-state index contributed by atoms with van der Waals surface area (Å²) in [5, 5.41) is 8.13. The third-order valence-corrected chi connectivity index (χ3v) is 5.96. The molecule has 0 saturated carbocycles. The van der Waals surface area contributed by atoms with E-state index in [-0.39, 0.29) is 12.0 Å². The van der Waals surface area contributed by atoms with Crippen molar-refractivity contribution in [3.8, 4) is 5.19 Å². The molecular formula is C20H29N5O2S2. The second-order valence-corrected chi connectivity index (χ2v) is 8.98. The Labute approximate surface area is 181 Å². The number of rotatable bonds is 8. The molecule has 9 heteroatoms. The number of benzene rings is 1. The number of piperazine rings is 1. The van der Waals surface area contributed by atoms with Gasteiger partial charge in [-0.25, -0.2) is 4.68 Å². The van der Waals surface area contributed by atoms with E-state index in [0.717, 1.165) is 47.8 Å². The summed E-state index contributed by atoms with van der Waals surface area (Å²) in [6.07, 6.45) is 0.987. The molecule has 0 unspecified atom stereocenters. The van der Waals surface area contributed by atoms with Gasteiger partial charge in [-0.2, -0.15) is 0 Å². The average Bonchev–Trinajstić information content (AvgIpc) is 3.01. The topological polar surface area (TPSA) is 62.6 Å². The van der Waals surface area contributed by atoms with Gasteiger partial charge in [-0.3, -0.25) is 14.6 Å². The molecule has 1 aliphatic heterocycles. The van der Waals surface area contributed by atoms with Crippen LogP contribution in [-0.4, -0.2) is 64.3 Å². The Hall–Kier alpha value is -1.81. The van der Waals surface area contributed by atoms with Crippen molar-refractivity contribution in [3.05, 3.63) is 33.8 Å². The maximum Gasteiger partial charge on any atom is 0.293 e. The molecule has 2 heterocycles. The molecule has 1 aromatic carbocycles. The Morgan fingerprint density at radius 1 is 1.24 bits per heavy atom. The van der Waals surface area contributed by atoms with Gasteiger partial charge in [0, 0.05) is 31.9 Å². The second-order valence-electron chi connectivity index (χ2n) is 7.39. The van der Waals surface area contributed by atoms with Gasteiger partial charge in [-0.1, -0.05) is 25.1 Å². The molecule has 1 aliphatic rings. The van der Waals surface area contributed by atoms with Crippen LogP contribution in [0.1, 0.15) is 26.3 Å². The lowest BCUT2D eigenvalue weighted by Crippen LogP contribution is -2.49. The number of aromatic nitrogens is 2. The van der Waals surface area contributed by atoms with Crippen LogP contribution >= 0.6 is 23.6 Å². The van der Waals surface area contributed by atoms with Crippen molar-refractivity contribution in [2.45, 2.75) is 40.0 Å². The molecule has 2 aromatic rings. The van der Waals surface area contributed by atoms with Gasteiger partial charge in [0.25, 0.3) is 5.19 Å². The van der Waals surface area contributed by atoms with Gasteiger partial charge in [-0.05, 0) is 55.5 Å². The summed E-state index contributed by atoms with van der Waals surface area (Å²) in [7, 11) is 0. The molecule has 1 N–H and O–H groups in total. The molecular weight excluding hydrogens is 406 g/mol. The molecule has 0 aliphatic carbocycles. The highest BCUT2D eigenvalue weighted by Crippen LogP contribution is 2.19. The molecule has 0 spiro atoms. The number of para-hydroxylation sites is 1. The fraction of sp³-hybridized carbons (Fsp3) is 0.550. The number of hydrogen-bond donors (Lipinski definition) is 1. The van der Waals surface area contributed by atoms with Crippen LogP contribution in [0.4, 0.5) is 5.69 Å². The molecule has 1 fully saturated rings. The predicted octanol–water partition coefficient (Wildman–Crippen LogP) is 3.24. The van der Waals surface area contributed by atoms with Gasteiger partial charge >= 0.3 is 0 Å². The van der Waals surface area contributed by atoms with Crippen LogP contribution in [0.5, 0.6) is 5.19 Å². The zero-order valence-corrected chi connectivity index (χ0v) is 18.9. The van der Waals surface area contributed by atoms with Crippen molar-refractivity contribution < 1.29 is 9.53 Å². The van der Waals surface area contributed by atoms with E-state index in [9.17, 15) is 4.79 Å². The Kier molecular flexibility index (Phi) is 7.77. The minimum Gasteiger partial charge on any atom is -0.466 e. The summed E-state index contributed by atoms with van der Waals surface area (Å²) in [6.45, 7) is 10.5. The van der Waals surface area contributed by atoms with Gasteiger partial charge in [0.05, 0.1) is 19.3 Å². The standard InChI is InChI=1S/C20H29N5O2S2/c1-4-16-7-5-6-8-17(16)21-18(26)13-23-9-11-24(12-10-23)14-25-20(28)29-19(22-25)27-15(2)3/h5-8,15H,4,9-14H2,1-3H3,(H,21,26). The summed E-state index contributed by atoms with van der Waals surface area (Å²) >= 11 is 6.80. The number of aryl methyl sites for hydroxylation is 1. The van der Waals surface area contributed by atoms with Crippen molar-refractivity contribution in [2.24, 2.45) is 0 Å². The van der Waals surface area contributed by atoms with E-state index in [1.165, 1.54) is 11.3 Å². The van der Waals surface area contributed by atoms with Crippen LogP contribution in [0.25, 0.3) is 0 Å². The molecule has 158 valence electrons. The number of ether oxygens (including phenoxy) is 1. The molecule has 1 saturated heterocycles. The maximum atomic E-state index is 12.5. The van der Waals surface area contributed by atoms with Crippen molar-refractivity contribution in [3.63, 3.8) is 0 Å². The normalized spacial score (nSPS) is 15.6. The molecule has 0 bridgehead atoms. The number of amides is 1. The fourth-order valence-corrected chi connectivity index (χ4v) is 4.29. The number of carbonyl (C=O) groups excluding carboxylic acids is 1. The Balaban J connectivity index is 1.46. The minimum absolute atomic E-state index is 0.0385. The number of anilines is 1. The van der Waals surface area contributed by atoms with E-state index in [1.54, 1.807) is 0 Å². The van der Waals surface area contributed by atoms with E-state index in [1.807, 2.05) is 36.7 Å². The lowest BCUT2D eigenvalue weighted by Gasteiger charge is -2.34. The highest BCUT2D eigenvalue weighted by Gasteiger charge is 2.20. The minimum atomic E-state index is 0.0385. The van der Waals surface area contributed by atoms with Crippen LogP contribution in [0.15, 0.2) is 24.3 Å². The molecule has 0 radical (unpaired) electrons. The van der Waals surface area contributed by atoms with Gasteiger partial charge < -0.3 is 10.1 Å². The molecule has 0 atom stereocenters. The van der Waals surface area contributed by atoms with E-state index in [4.69, 9.17) is 17.0 Å². The maximum absolute atomic E-state index is 12.5. The van der Waals surface area contributed by atoms with Gasteiger partial charge in [0.2, 0.25) is 5.91 Å². The van der Waals surface area contributed by atoms with Crippen molar-refractivity contribution in [1.29, 1.82) is 0 Å². The Bertz CT molecular complexity index is 872. The first-order valence-electron chi connectivity index (χ1n) is 10.0. The molecule has 7 nitrogen and oxygen atoms in total. The largest absolute Gasteiger partial charge is 0.466 e. The smallest absolute Gasteiger partial charge is 0.293 e. The quantitative estimate of drug-likeness (QED) is 0.643. The summed E-state index contributed by atoms with van der Waals surface area (Å²) < 4.78 is 8.18. The lowest BCUT2D eigenvalue weighted by molar-refractivity contribution is -0.117. The fourth-order valence-electron chi connectivity index (χ4n) is 3.25. The van der Waals surface area contributed by atoms with Gasteiger partial charge in [0.1, 0.15) is 0 Å². The molecule has 1 aromatic heterocycles. The van der Waals surface area contributed by atoms with Gasteiger partial charge in [0.15, 0.2) is 3.95 Å². The summed E-state index contributed by atoms with van der Waals surface area (Å²) in [6, 6.07) is 7.97. The third-order valence-electron chi connectivity index (χ3n) is 4.76. The highest BCUT2D eigenvalue weighted by molar-refractivity contribution is 7.73. The zero-order chi connectivity index (χ0) is 20.8. The first-order valence-corrected chi connectivity index (χ1v) is 11.2. The summed E-state index contributed by atoms with van der Waals surface area (Å²) in [5.74, 6) is 0.0385. The SMILES string of the molecule is CCc1ccccc1NC(=O)CN1CCN(Cn2nc(OC(C)C)sc2=S)CC1. The van der Waals surface area contributed by atoms with Crippen LogP contribution in [0.2, 0.25) is 0 Å². The number of nitrogens with zero attached hydrogens (tertiary/aromatic N) is 4. The monoisotopic (exact) mass is 435 g/mol. The van der Waals surface area contributed by atoms with Crippen LogP contribution in [0, 0.1) is 3.95 Å². The van der Waals surface area contributed by atoms with Crippen molar-refractivity contribution in [2.75, 3.05) is 38.0 Å². The first kappa shape index (κ1) is 21.9. The van der Waals surface area contributed by atoms with Crippen LogP contribution in [-0.2, 0) is 17.9 Å². The summed E-state index contributed by atoms with van der Waals surface area (Å²) in [4.78, 5) is 16.9. The highest BCUT2D eigenvalue weighted by atomic mass is 32.1. The van der Waals surface area contributed by atoms with Crippen LogP contribution in [0.3, 0.4) is 0 Å². The number of hydrogen-bond acceptors (Lipinski definition) is 7. The number of nitrogens with one attached hydrogen (secondary N) is 1. The molecule has 1 amide bonds. The predicted molar refractivity (Wildman–Crippen MR) is 119 cm³/mol. The first-order chi connectivity index (χ1) is 13.9. The Morgan fingerprint density at radius 2 is 1.93 bits per heavy atom. The van der Waals surface area contributed by atoms with E-state index in [0.29, 0.717) is 18.4 Å².